The van der Waals surface area contributed by atoms with E-state index in [9.17, 15) is 0 Å². The molecule has 1 rings (SSSR count). The summed E-state index contributed by atoms with van der Waals surface area (Å²) in [7, 11) is 0. The van der Waals surface area contributed by atoms with Crippen LogP contribution < -0.4 is 5.73 Å². The summed E-state index contributed by atoms with van der Waals surface area (Å²) in [5, 5.41) is 0.746. The third kappa shape index (κ3) is 3.51. The molecule has 78 valence electrons. The highest BCUT2D eigenvalue weighted by molar-refractivity contribution is 8.00. The Labute approximate surface area is 86.8 Å². The predicted molar refractivity (Wildman–Crippen MR) is 62.1 cm³/mol. The van der Waals surface area contributed by atoms with Crippen molar-refractivity contribution in [1.29, 1.82) is 0 Å². The van der Waals surface area contributed by atoms with Crippen molar-refractivity contribution in [1.82, 2.24) is 0 Å². The topological polar surface area (TPSA) is 26.0 Å². The number of thioether (sulfide) groups is 1. The highest BCUT2D eigenvalue weighted by atomic mass is 32.2. The van der Waals surface area contributed by atoms with Crippen molar-refractivity contribution in [3.05, 3.63) is 0 Å². The summed E-state index contributed by atoms with van der Waals surface area (Å²) in [6.45, 7) is 4.56. The van der Waals surface area contributed by atoms with Crippen LogP contribution in [0.15, 0.2) is 0 Å². The zero-order valence-corrected chi connectivity index (χ0v) is 9.78. The van der Waals surface area contributed by atoms with Gasteiger partial charge in [0.15, 0.2) is 0 Å². The van der Waals surface area contributed by atoms with Gasteiger partial charge in [-0.05, 0) is 30.9 Å². The molecule has 13 heavy (non-hydrogen) atoms. The minimum atomic E-state index is 0.435. The second kappa shape index (κ2) is 5.92. The molecule has 1 saturated heterocycles. The molecule has 1 nitrogen and oxygen atoms in total. The molecule has 3 atom stereocenters. The Morgan fingerprint density at radius 2 is 2.23 bits per heavy atom. The van der Waals surface area contributed by atoms with Crippen LogP contribution in [0, 0.1) is 5.92 Å². The number of nitrogens with two attached hydrogens (primary N) is 1. The van der Waals surface area contributed by atoms with Crippen molar-refractivity contribution in [2.75, 3.05) is 5.75 Å². The van der Waals surface area contributed by atoms with E-state index in [1.165, 1.54) is 37.9 Å². The van der Waals surface area contributed by atoms with E-state index in [2.05, 4.69) is 25.6 Å². The lowest BCUT2D eigenvalue weighted by molar-refractivity contribution is 0.395. The number of rotatable bonds is 4. The van der Waals surface area contributed by atoms with E-state index < -0.39 is 0 Å². The predicted octanol–water partition coefficient (Wildman–Crippen LogP) is 3.04. The van der Waals surface area contributed by atoms with Gasteiger partial charge in [0.25, 0.3) is 0 Å². The van der Waals surface area contributed by atoms with Crippen LogP contribution in [0.4, 0.5) is 0 Å². The Kier molecular flexibility index (Phi) is 5.18. The largest absolute Gasteiger partial charge is 0.326 e. The molecule has 0 amide bonds. The van der Waals surface area contributed by atoms with Crippen LogP contribution in [0.5, 0.6) is 0 Å². The van der Waals surface area contributed by atoms with Gasteiger partial charge in [-0.2, -0.15) is 11.8 Å². The first-order valence-corrected chi connectivity index (χ1v) is 6.67. The first kappa shape index (κ1) is 11.4. The van der Waals surface area contributed by atoms with Crippen LogP contribution in [0.3, 0.4) is 0 Å². The molecule has 2 heteroatoms. The Morgan fingerprint density at radius 1 is 1.46 bits per heavy atom. The van der Waals surface area contributed by atoms with E-state index >= 15 is 0 Å². The van der Waals surface area contributed by atoms with Crippen molar-refractivity contribution in [2.24, 2.45) is 11.7 Å². The number of hydrogen-bond acceptors (Lipinski definition) is 2. The van der Waals surface area contributed by atoms with Gasteiger partial charge >= 0.3 is 0 Å². The Hall–Kier alpha value is 0.310. The van der Waals surface area contributed by atoms with Crippen molar-refractivity contribution in [2.45, 2.75) is 57.2 Å². The summed E-state index contributed by atoms with van der Waals surface area (Å²) in [5.74, 6) is 2.04. The first-order chi connectivity index (χ1) is 6.25. The summed E-state index contributed by atoms with van der Waals surface area (Å²) in [5.41, 5.74) is 6.26. The van der Waals surface area contributed by atoms with Crippen LogP contribution in [-0.4, -0.2) is 17.0 Å². The van der Waals surface area contributed by atoms with Gasteiger partial charge in [0, 0.05) is 11.3 Å². The van der Waals surface area contributed by atoms with Crippen molar-refractivity contribution < 1.29 is 0 Å². The zero-order chi connectivity index (χ0) is 9.68. The van der Waals surface area contributed by atoms with Crippen LogP contribution in [0.25, 0.3) is 0 Å². The van der Waals surface area contributed by atoms with Gasteiger partial charge in [0.05, 0.1) is 0 Å². The minimum absolute atomic E-state index is 0.435. The van der Waals surface area contributed by atoms with Crippen molar-refractivity contribution in [3.8, 4) is 0 Å². The molecule has 0 aliphatic carbocycles. The molecule has 1 aliphatic rings. The van der Waals surface area contributed by atoms with Gasteiger partial charge in [-0.1, -0.05) is 26.7 Å². The second-order valence-corrected chi connectivity index (χ2v) is 5.60. The lowest BCUT2D eigenvalue weighted by atomic mass is 9.93. The quantitative estimate of drug-likeness (QED) is 0.756. The second-order valence-electron chi connectivity index (χ2n) is 4.25. The molecule has 1 heterocycles. The maximum Gasteiger partial charge on any atom is 0.0201 e. The summed E-state index contributed by atoms with van der Waals surface area (Å²) in [4.78, 5) is 0. The van der Waals surface area contributed by atoms with E-state index in [1.54, 1.807) is 0 Å². The fourth-order valence-corrected chi connectivity index (χ4v) is 3.58. The lowest BCUT2D eigenvalue weighted by Gasteiger charge is -2.31. The molecule has 1 fully saturated rings. The molecule has 0 aromatic carbocycles. The van der Waals surface area contributed by atoms with Gasteiger partial charge in [0.1, 0.15) is 0 Å². The highest BCUT2D eigenvalue weighted by Gasteiger charge is 2.24. The summed E-state index contributed by atoms with van der Waals surface area (Å²) < 4.78 is 0. The fraction of sp³-hybridized carbons (Fsp3) is 1.00. The molecule has 0 radical (unpaired) electrons. The molecule has 2 N–H and O–H groups in total. The van der Waals surface area contributed by atoms with E-state index in [0.717, 1.165) is 5.25 Å². The monoisotopic (exact) mass is 201 g/mol. The highest BCUT2D eigenvalue weighted by Crippen LogP contribution is 2.30. The molecule has 0 aromatic heterocycles. The molecule has 0 aromatic rings. The smallest absolute Gasteiger partial charge is 0.0201 e. The van der Waals surface area contributed by atoms with Crippen molar-refractivity contribution >= 4 is 11.8 Å². The molecule has 0 spiro atoms. The van der Waals surface area contributed by atoms with Gasteiger partial charge in [-0.3, -0.25) is 0 Å². The Balaban J connectivity index is 2.31. The standard InChI is InChI=1S/C11H23NS/c1-3-6-9(2)11(12)10-7-4-5-8-13-10/h9-11H,3-8,12H2,1-2H3. The Morgan fingerprint density at radius 3 is 2.77 bits per heavy atom. The number of hydrogen-bond donors (Lipinski definition) is 1. The molecule has 1 aliphatic heterocycles. The molecular weight excluding hydrogens is 178 g/mol. The van der Waals surface area contributed by atoms with Crippen molar-refractivity contribution in [3.63, 3.8) is 0 Å². The fourth-order valence-electron chi connectivity index (χ4n) is 2.08. The normalized spacial score (nSPS) is 28.4. The Bertz CT molecular complexity index is 132. The first-order valence-electron chi connectivity index (χ1n) is 5.63. The average Bonchev–Trinajstić information content (AvgIpc) is 2.18. The lowest BCUT2D eigenvalue weighted by Crippen LogP contribution is -2.39. The van der Waals surface area contributed by atoms with E-state index in [1.807, 2.05) is 0 Å². The minimum Gasteiger partial charge on any atom is -0.326 e. The molecule has 3 unspecified atom stereocenters. The van der Waals surface area contributed by atoms with Gasteiger partial charge in [-0.15, -0.1) is 0 Å². The van der Waals surface area contributed by atoms with Gasteiger partial charge in [0.2, 0.25) is 0 Å². The van der Waals surface area contributed by atoms with Crippen LogP contribution in [0.2, 0.25) is 0 Å². The third-order valence-electron chi connectivity index (χ3n) is 3.05. The zero-order valence-electron chi connectivity index (χ0n) is 8.96. The maximum absolute atomic E-state index is 6.26. The van der Waals surface area contributed by atoms with E-state index in [0.29, 0.717) is 12.0 Å². The van der Waals surface area contributed by atoms with Crippen LogP contribution in [0.1, 0.15) is 46.0 Å². The van der Waals surface area contributed by atoms with E-state index in [-0.39, 0.29) is 0 Å². The van der Waals surface area contributed by atoms with E-state index in [4.69, 9.17) is 5.73 Å². The molecule has 0 bridgehead atoms. The maximum atomic E-state index is 6.26. The van der Waals surface area contributed by atoms with Crippen LogP contribution in [-0.2, 0) is 0 Å². The van der Waals surface area contributed by atoms with Crippen LogP contribution >= 0.6 is 11.8 Å². The average molecular weight is 201 g/mol. The SMILES string of the molecule is CCCC(C)C(N)C1CCCCS1. The summed E-state index contributed by atoms with van der Waals surface area (Å²) in [6.07, 6.45) is 6.70. The summed E-state index contributed by atoms with van der Waals surface area (Å²) >= 11 is 2.10. The summed E-state index contributed by atoms with van der Waals surface area (Å²) in [6, 6.07) is 0.435. The third-order valence-corrected chi connectivity index (χ3v) is 4.55. The molecular formula is C11H23NS. The molecule has 0 saturated carbocycles. The van der Waals surface area contributed by atoms with Gasteiger partial charge < -0.3 is 5.73 Å². The van der Waals surface area contributed by atoms with Gasteiger partial charge in [-0.25, -0.2) is 0 Å².